The van der Waals surface area contributed by atoms with Crippen LogP contribution in [0.5, 0.6) is 5.75 Å². The van der Waals surface area contributed by atoms with Crippen molar-refractivity contribution in [1.82, 2.24) is 0 Å². The summed E-state index contributed by atoms with van der Waals surface area (Å²) in [7, 11) is 0. The number of aryl methyl sites for hydroxylation is 2. The Labute approximate surface area is 134 Å². The van der Waals surface area contributed by atoms with Gasteiger partial charge < -0.3 is 15.4 Å². The Morgan fingerprint density at radius 3 is 2.70 bits per heavy atom. The summed E-state index contributed by atoms with van der Waals surface area (Å²) in [5.74, 6) is 0.218. The number of amides is 2. The number of fused-ring (bicyclic) bond motifs is 1. The van der Waals surface area contributed by atoms with Crippen LogP contribution in [0, 0.1) is 13.8 Å². The lowest BCUT2D eigenvalue weighted by Gasteiger charge is -2.23. The van der Waals surface area contributed by atoms with Gasteiger partial charge in [-0.05, 0) is 50.6 Å². The van der Waals surface area contributed by atoms with Gasteiger partial charge in [0, 0.05) is 11.3 Å². The van der Waals surface area contributed by atoms with E-state index in [0.29, 0.717) is 22.7 Å². The van der Waals surface area contributed by atoms with Gasteiger partial charge in [0.1, 0.15) is 5.75 Å². The molecule has 0 spiro atoms. The summed E-state index contributed by atoms with van der Waals surface area (Å²) in [5, 5.41) is 5.62. The molecule has 0 saturated heterocycles. The molecule has 1 heterocycles. The first-order valence-electron chi connectivity index (χ1n) is 7.44. The van der Waals surface area contributed by atoms with Crippen molar-refractivity contribution in [3.05, 3.63) is 53.1 Å². The van der Waals surface area contributed by atoms with Crippen molar-refractivity contribution in [1.29, 1.82) is 0 Å². The second-order valence-electron chi connectivity index (χ2n) is 5.73. The fraction of sp³-hybridized carbons (Fsp3) is 0.222. The van der Waals surface area contributed by atoms with Crippen molar-refractivity contribution in [3.8, 4) is 5.75 Å². The third-order valence-corrected chi connectivity index (χ3v) is 3.79. The maximum Gasteiger partial charge on any atom is 0.265 e. The van der Waals surface area contributed by atoms with E-state index in [0.717, 1.165) is 11.1 Å². The number of benzene rings is 2. The minimum absolute atomic E-state index is 0.182. The molecule has 5 nitrogen and oxygen atoms in total. The summed E-state index contributed by atoms with van der Waals surface area (Å²) in [5.41, 5.74) is 3.83. The molecule has 118 valence electrons. The van der Waals surface area contributed by atoms with Crippen molar-refractivity contribution in [2.24, 2.45) is 0 Å². The van der Waals surface area contributed by atoms with Crippen LogP contribution >= 0.6 is 0 Å². The fourth-order valence-corrected chi connectivity index (χ4v) is 2.55. The molecule has 0 aromatic heterocycles. The van der Waals surface area contributed by atoms with Gasteiger partial charge in [0.05, 0.1) is 5.69 Å². The summed E-state index contributed by atoms with van der Waals surface area (Å²) in [4.78, 5) is 24.1. The first-order valence-corrected chi connectivity index (χ1v) is 7.44. The highest BCUT2D eigenvalue weighted by Gasteiger charge is 2.23. The van der Waals surface area contributed by atoms with Crippen LogP contribution in [0.1, 0.15) is 28.4 Å². The monoisotopic (exact) mass is 310 g/mol. The molecule has 1 aliphatic heterocycles. The van der Waals surface area contributed by atoms with E-state index in [1.807, 2.05) is 32.0 Å². The van der Waals surface area contributed by atoms with Crippen LogP contribution in [-0.2, 0) is 4.79 Å². The standard InChI is InChI=1S/C18H18N2O3/c1-10-4-6-14(11(2)8-10)18(22)19-13-5-7-16-15(9-13)20-17(21)12(3)23-16/h4-9,12H,1-3H3,(H,19,22)(H,20,21). The summed E-state index contributed by atoms with van der Waals surface area (Å²) >= 11 is 0. The topological polar surface area (TPSA) is 67.4 Å². The molecule has 0 fully saturated rings. The zero-order valence-electron chi connectivity index (χ0n) is 13.3. The number of hydrogen-bond acceptors (Lipinski definition) is 3. The normalized spacial score (nSPS) is 16.1. The first-order chi connectivity index (χ1) is 10.9. The average molecular weight is 310 g/mol. The first kappa shape index (κ1) is 15.1. The average Bonchev–Trinajstić information content (AvgIpc) is 2.48. The molecule has 5 heteroatoms. The van der Waals surface area contributed by atoms with Gasteiger partial charge in [-0.25, -0.2) is 0 Å². The number of carbonyl (C=O) groups is 2. The number of carbonyl (C=O) groups excluding carboxylic acids is 2. The van der Waals surface area contributed by atoms with Crippen LogP contribution in [0.25, 0.3) is 0 Å². The van der Waals surface area contributed by atoms with E-state index in [2.05, 4.69) is 10.6 Å². The van der Waals surface area contributed by atoms with Crippen molar-refractivity contribution < 1.29 is 14.3 Å². The molecule has 2 N–H and O–H groups in total. The van der Waals surface area contributed by atoms with Gasteiger partial charge in [0.2, 0.25) is 0 Å². The molecule has 0 bridgehead atoms. The van der Waals surface area contributed by atoms with E-state index in [1.165, 1.54) is 0 Å². The summed E-state index contributed by atoms with van der Waals surface area (Å²) in [6.07, 6.45) is -0.516. The van der Waals surface area contributed by atoms with E-state index < -0.39 is 6.10 Å². The second-order valence-corrected chi connectivity index (χ2v) is 5.73. The lowest BCUT2D eigenvalue weighted by Crippen LogP contribution is -2.34. The van der Waals surface area contributed by atoms with Crippen LogP contribution in [0.4, 0.5) is 11.4 Å². The van der Waals surface area contributed by atoms with Crippen LogP contribution in [0.3, 0.4) is 0 Å². The van der Waals surface area contributed by atoms with Crippen molar-refractivity contribution in [2.75, 3.05) is 10.6 Å². The highest BCUT2D eigenvalue weighted by atomic mass is 16.5. The molecule has 23 heavy (non-hydrogen) atoms. The maximum absolute atomic E-state index is 12.4. The number of hydrogen-bond donors (Lipinski definition) is 2. The molecule has 0 aliphatic carbocycles. The van der Waals surface area contributed by atoms with E-state index in [1.54, 1.807) is 25.1 Å². The maximum atomic E-state index is 12.4. The Morgan fingerprint density at radius 1 is 1.17 bits per heavy atom. The number of nitrogens with one attached hydrogen (secondary N) is 2. The Bertz CT molecular complexity index is 799. The van der Waals surface area contributed by atoms with Crippen molar-refractivity contribution in [3.63, 3.8) is 0 Å². The largest absolute Gasteiger partial charge is 0.479 e. The molecular weight excluding hydrogens is 292 g/mol. The van der Waals surface area contributed by atoms with Crippen LogP contribution in [0.15, 0.2) is 36.4 Å². The second kappa shape index (κ2) is 5.76. The summed E-state index contributed by atoms with van der Waals surface area (Å²) < 4.78 is 5.50. The van der Waals surface area contributed by atoms with Crippen molar-refractivity contribution in [2.45, 2.75) is 26.9 Å². The van der Waals surface area contributed by atoms with Gasteiger partial charge in [-0.2, -0.15) is 0 Å². The van der Waals surface area contributed by atoms with Crippen LogP contribution in [-0.4, -0.2) is 17.9 Å². The van der Waals surface area contributed by atoms with Gasteiger partial charge >= 0.3 is 0 Å². The lowest BCUT2D eigenvalue weighted by molar-refractivity contribution is -0.122. The summed E-state index contributed by atoms with van der Waals surface area (Å²) in [6.45, 7) is 5.58. The lowest BCUT2D eigenvalue weighted by atomic mass is 10.1. The molecule has 3 rings (SSSR count). The van der Waals surface area contributed by atoms with E-state index >= 15 is 0 Å². The molecule has 2 amide bonds. The highest BCUT2D eigenvalue weighted by molar-refractivity contribution is 6.06. The molecule has 1 atom stereocenters. The zero-order chi connectivity index (χ0) is 16.6. The van der Waals surface area contributed by atoms with Crippen LogP contribution in [0.2, 0.25) is 0 Å². The Balaban J connectivity index is 1.82. The van der Waals surface area contributed by atoms with Gasteiger partial charge in [0.15, 0.2) is 6.10 Å². The van der Waals surface area contributed by atoms with Gasteiger partial charge in [-0.3, -0.25) is 9.59 Å². The van der Waals surface area contributed by atoms with Gasteiger partial charge in [-0.15, -0.1) is 0 Å². The van der Waals surface area contributed by atoms with E-state index in [-0.39, 0.29) is 11.8 Å². The third kappa shape index (κ3) is 3.04. The van der Waals surface area contributed by atoms with Gasteiger partial charge in [0.25, 0.3) is 11.8 Å². The predicted octanol–water partition coefficient (Wildman–Crippen LogP) is 3.28. The molecule has 1 aliphatic rings. The number of rotatable bonds is 2. The minimum atomic E-state index is -0.516. The molecular formula is C18H18N2O3. The predicted molar refractivity (Wildman–Crippen MR) is 89.0 cm³/mol. The zero-order valence-corrected chi connectivity index (χ0v) is 13.3. The summed E-state index contributed by atoms with van der Waals surface area (Å²) in [6, 6.07) is 10.9. The molecule has 0 saturated carbocycles. The quantitative estimate of drug-likeness (QED) is 0.894. The van der Waals surface area contributed by atoms with Crippen LogP contribution < -0.4 is 15.4 Å². The Hall–Kier alpha value is -2.82. The van der Waals surface area contributed by atoms with Gasteiger partial charge in [-0.1, -0.05) is 17.7 Å². The SMILES string of the molecule is Cc1ccc(C(=O)Nc2ccc3c(c2)NC(=O)C(C)O3)c(C)c1. The molecule has 2 aromatic carbocycles. The van der Waals surface area contributed by atoms with E-state index in [9.17, 15) is 9.59 Å². The Morgan fingerprint density at radius 2 is 1.96 bits per heavy atom. The Kier molecular flexibility index (Phi) is 3.78. The molecule has 0 radical (unpaired) electrons. The molecule has 1 unspecified atom stereocenters. The van der Waals surface area contributed by atoms with E-state index in [4.69, 9.17) is 4.74 Å². The fourth-order valence-electron chi connectivity index (χ4n) is 2.55. The third-order valence-electron chi connectivity index (χ3n) is 3.79. The highest BCUT2D eigenvalue weighted by Crippen LogP contribution is 2.32. The number of ether oxygens (including phenoxy) is 1. The smallest absolute Gasteiger partial charge is 0.265 e. The van der Waals surface area contributed by atoms with Crippen molar-refractivity contribution >= 4 is 23.2 Å². The minimum Gasteiger partial charge on any atom is -0.479 e. The number of anilines is 2. The molecule has 2 aromatic rings.